The molecule has 0 heterocycles. The van der Waals surface area contributed by atoms with Gasteiger partial charge in [0.05, 0.1) is 0 Å². The molecule has 0 aliphatic heterocycles. The van der Waals surface area contributed by atoms with Gasteiger partial charge in [-0.25, -0.2) is 5.11 Å². The van der Waals surface area contributed by atoms with Crippen LogP contribution >= 0.6 is 0 Å². The summed E-state index contributed by atoms with van der Waals surface area (Å²) in [6.07, 6.45) is 0. The maximum absolute atomic E-state index is 9.39. The van der Waals surface area contributed by atoms with E-state index in [2.05, 4.69) is 9.47 Å². The Labute approximate surface area is 36.5 Å². The summed E-state index contributed by atoms with van der Waals surface area (Å²) in [7, 11) is 1.47. The Kier molecular flexibility index (Phi) is 4.78. The van der Waals surface area contributed by atoms with Crippen LogP contribution < -0.4 is 0 Å². The Balaban J connectivity index is 2.34. The van der Waals surface area contributed by atoms with Crippen molar-refractivity contribution in [3.63, 3.8) is 0 Å². The smallest absolute Gasteiger partial charge is 0.183 e. The van der Waals surface area contributed by atoms with Crippen molar-refractivity contribution in [2.45, 2.75) is 0 Å². The van der Waals surface area contributed by atoms with E-state index in [9.17, 15) is 5.11 Å². The van der Waals surface area contributed by atoms with Crippen LogP contribution in [0.5, 0.6) is 0 Å². The van der Waals surface area contributed by atoms with Crippen molar-refractivity contribution >= 4 is 0 Å². The van der Waals surface area contributed by atoms with Gasteiger partial charge in [0.2, 0.25) is 0 Å². The molecule has 0 N–H and O–H groups in total. The van der Waals surface area contributed by atoms with Crippen LogP contribution in [-0.4, -0.2) is 20.7 Å². The molecule has 0 bridgehead atoms. The third-order valence-corrected chi connectivity index (χ3v) is 0.285. The van der Waals surface area contributed by atoms with Crippen LogP contribution in [0.25, 0.3) is 0 Å². The minimum atomic E-state index is -0.520. The summed E-state index contributed by atoms with van der Waals surface area (Å²) in [5.74, 6) is 0. The van der Waals surface area contributed by atoms with E-state index < -0.39 is 6.79 Å². The summed E-state index contributed by atoms with van der Waals surface area (Å²) in [6.45, 7) is -0.419. The largest absolute Gasteiger partial charge is 0.359 e. The number of ether oxygens (including phenoxy) is 2. The molecule has 0 unspecified atom stereocenters. The summed E-state index contributed by atoms with van der Waals surface area (Å²) in [4.78, 5) is 0. The van der Waals surface area contributed by atoms with Gasteiger partial charge in [-0.15, -0.1) is 0 Å². The lowest BCUT2D eigenvalue weighted by Crippen LogP contribution is -1.94. The highest BCUT2D eigenvalue weighted by molar-refractivity contribution is 3.90. The zero-order chi connectivity index (χ0) is 4.83. The molecule has 0 spiro atoms. The maximum atomic E-state index is 9.39. The normalized spacial score (nSPS) is 9.00. The summed E-state index contributed by atoms with van der Waals surface area (Å²) in [5, 5.41) is 9.39. The van der Waals surface area contributed by atoms with Gasteiger partial charge in [-0.05, 0) is 0 Å². The predicted octanol–water partition coefficient (Wildman–Crippen LogP) is -0.00510. The van der Waals surface area contributed by atoms with Gasteiger partial charge in [-0.2, -0.15) is 0 Å². The van der Waals surface area contributed by atoms with Crippen LogP contribution in [-0.2, 0) is 14.6 Å². The van der Waals surface area contributed by atoms with Crippen LogP contribution in [0.4, 0.5) is 0 Å². The summed E-state index contributed by atoms with van der Waals surface area (Å²) in [6, 6.07) is 0. The third-order valence-electron chi connectivity index (χ3n) is 0.285. The number of methoxy groups -OCH3 is 1. The van der Waals surface area contributed by atoms with Crippen LogP contribution in [0.2, 0.25) is 0 Å². The van der Waals surface area contributed by atoms with Crippen molar-refractivity contribution in [2.24, 2.45) is 0 Å². The molecule has 0 rings (SSSR count). The summed E-state index contributed by atoms with van der Waals surface area (Å²) < 4.78 is 8.56. The van der Waals surface area contributed by atoms with Gasteiger partial charge in [0, 0.05) is 7.11 Å². The Morgan fingerprint density at radius 1 is 1.67 bits per heavy atom. The van der Waals surface area contributed by atoms with E-state index in [1.54, 1.807) is 0 Å². The molecule has 0 aliphatic carbocycles. The first-order valence-electron chi connectivity index (χ1n) is 1.56. The fourth-order valence-electron chi connectivity index (χ4n) is 0.117. The number of hydrogen-bond donors (Lipinski definition) is 0. The topological polar surface area (TPSA) is 38.4 Å². The lowest BCUT2D eigenvalue weighted by molar-refractivity contribution is -0.117. The first-order valence-corrected chi connectivity index (χ1v) is 1.56. The maximum Gasteiger partial charge on any atom is 0.183 e. The van der Waals surface area contributed by atoms with Crippen molar-refractivity contribution in [1.29, 1.82) is 0 Å². The molecule has 0 aliphatic rings. The summed E-state index contributed by atoms with van der Waals surface area (Å²) in [5.41, 5.74) is 0. The fraction of sp³-hybridized carbons (Fsp3) is 1.00. The first kappa shape index (κ1) is 5.88. The van der Waals surface area contributed by atoms with Crippen LogP contribution in [0.1, 0.15) is 0 Å². The molecular formula is C3H7O3. The molecule has 0 saturated carbocycles. The molecule has 0 saturated heterocycles. The van der Waals surface area contributed by atoms with E-state index in [1.807, 2.05) is 0 Å². The van der Waals surface area contributed by atoms with Crippen molar-refractivity contribution in [3.05, 3.63) is 0 Å². The zero-order valence-electron chi connectivity index (χ0n) is 3.64. The Morgan fingerprint density at radius 3 is 2.50 bits per heavy atom. The van der Waals surface area contributed by atoms with Crippen LogP contribution in [0, 0.1) is 0 Å². The third kappa shape index (κ3) is 3.88. The Hall–Kier alpha value is -0.120. The van der Waals surface area contributed by atoms with E-state index in [0.29, 0.717) is 0 Å². The predicted molar refractivity (Wildman–Crippen MR) is 18.5 cm³/mol. The Bertz CT molecular complexity index is 18.0. The minimum absolute atomic E-state index is 0.101. The molecule has 0 fully saturated rings. The molecule has 0 amide bonds. The lowest BCUT2D eigenvalue weighted by atomic mass is 11.3. The molecule has 0 aromatic rings. The van der Waals surface area contributed by atoms with Gasteiger partial charge < -0.3 is 9.47 Å². The molecule has 37 valence electrons. The van der Waals surface area contributed by atoms with E-state index in [4.69, 9.17) is 0 Å². The minimum Gasteiger partial charge on any atom is -0.359 e. The van der Waals surface area contributed by atoms with Gasteiger partial charge in [-0.3, -0.25) is 0 Å². The quantitative estimate of drug-likeness (QED) is 0.362. The molecule has 0 atom stereocenters. The van der Waals surface area contributed by atoms with Gasteiger partial charge in [-0.1, -0.05) is 0 Å². The van der Waals surface area contributed by atoms with E-state index in [0.717, 1.165) is 0 Å². The van der Waals surface area contributed by atoms with Gasteiger partial charge >= 0.3 is 0 Å². The SMILES string of the molecule is COCOC[O]. The van der Waals surface area contributed by atoms with Crippen LogP contribution in [0.3, 0.4) is 0 Å². The molecular weight excluding hydrogens is 84.0 g/mol. The summed E-state index contributed by atoms with van der Waals surface area (Å²) >= 11 is 0. The number of rotatable bonds is 3. The lowest BCUT2D eigenvalue weighted by Gasteiger charge is -1.91. The molecule has 3 heteroatoms. The molecule has 0 aromatic carbocycles. The van der Waals surface area contributed by atoms with Crippen molar-refractivity contribution < 1.29 is 14.6 Å². The monoisotopic (exact) mass is 91.0 g/mol. The fourth-order valence-corrected chi connectivity index (χ4v) is 0.117. The van der Waals surface area contributed by atoms with E-state index in [-0.39, 0.29) is 6.79 Å². The standard InChI is InChI=1S/C3H7O3/c1-5-3-6-2-4/h2-3H2,1H3. The van der Waals surface area contributed by atoms with E-state index in [1.165, 1.54) is 7.11 Å². The molecule has 3 nitrogen and oxygen atoms in total. The highest BCUT2D eigenvalue weighted by atomic mass is 16.7. The van der Waals surface area contributed by atoms with E-state index >= 15 is 0 Å². The highest BCUT2D eigenvalue weighted by Crippen LogP contribution is 1.67. The van der Waals surface area contributed by atoms with Gasteiger partial charge in [0.25, 0.3) is 0 Å². The molecule has 0 aromatic heterocycles. The van der Waals surface area contributed by atoms with Gasteiger partial charge in [0.15, 0.2) is 6.79 Å². The molecule has 6 heavy (non-hydrogen) atoms. The van der Waals surface area contributed by atoms with Crippen LogP contribution in [0.15, 0.2) is 0 Å². The molecule has 1 radical (unpaired) electrons. The van der Waals surface area contributed by atoms with Crippen molar-refractivity contribution in [1.82, 2.24) is 0 Å². The second-order valence-electron chi connectivity index (χ2n) is 0.729. The van der Waals surface area contributed by atoms with Gasteiger partial charge in [0.1, 0.15) is 6.79 Å². The van der Waals surface area contributed by atoms with Crippen molar-refractivity contribution in [3.8, 4) is 0 Å². The highest BCUT2D eigenvalue weighted by Gasteiger charge is 1.73. The Morgan fingerprint density at radius 2 is 2.33 bits per heavy atom. The second-order valence-corrected chi connectivity index (χ2v) is 0.729. The number of hydrogen-bond acceptors (Lipinski definition) is 2. The second kappa shape index (κ2) is 4.88. The van der Waals surface area contributed by atoms with Crippen molar-refractivity contribution in [2.75, 3.05) is 20.7 Å². The average Bonchev–Trinajstić information content (AvgIpc) is 1.61. The average molecular weight is 91.1 g/mol. The zero-order valence-corrected chi connectivity index (χ0v) is 3.64. The first-order chi connectivity index (χ1) is 2.91.